The second kappa shape index (κ2) is 10.4. The maximum atomic E-state index is 11.2. The molecule has 0 fully saturated rings. The molecule has 0 aliphatic rings. The molecule has 16 heavy (non-hydrogen) atoms. The first-order chi connectivity index (χ1) is 7.70. The molecule has 92 valence electrons. The van der Waals surface area contributed by atoms with Gasteiger partial charge in [0.1, 0.15) is 6.42 Å². The fraction of sp³-hybridized carbons (Fsp3) is 0.692. The highest BCUT2D eigenvalue weighted by Gasteiger charge is 2.06. The van der Waals surface area contributed by atoms with Gasteiger partial charge in [-0.05, 0) is 25.8 Å². The molecule has 0 atom stereocenters. The first kappa shape index (κ1) is 14.9. The van der Waals surface area contributed by atoms with Gasteiger partial charge < -0.3 is 4.74 Å². The lowest BCUT2D eigenvalue weighted by Gasteiger charge is -1.97. The van der Waals surface area contributed by atoms with Crippen LogP contribution in [0.3, 0.4) is 0 Å². The molecule has 0 bridgehead atoms. The van der Waals surface area contributed by atoms with Crippen LogP contribution in [-0.2, 0) is 14.3 Å². The van der Waals surface area contributed by atoms with Crippen LogP contribution in [0.1, 0.15) is 52.4 Å². The summed E-state index contributed by atoms with van der Waals surface area (Å²) in [6.45, 7) is 4.22. The van der Waals surface area contributed by atoms with E-state index in [1.807, 2.05) is 6.08 Å². The number of esters is 1. The maximum absolute atomic E-state index is 11.2. The van der Waals surface area contributed by atoms with Crippen molar-refractivity contribution in [3.63, 3.8) is 0 Å². The topological polar surface area (TPSA) is 43.4 Å². The van der Waals surface area contributed by atoms with Crippen LogP contribution < -0.4 is 0 Å². The highest BCUT2D eigenvalue weighted by molar-refractivity contribution is 6.01. The van der Waals surface area contributed by atoms with Gasteiger partial charge in [-0.25, -0.2) is 0 Å². The number of hydrogen-bond acceptors (Lipinski definition) is 3. The van der Waals surface area contributed by atoms with Gasteiger partial charge >= 0.3 is 5.97 Å². The van der Waals surface area contributed by atoms with E-state index in [4.69, 9.17) is 0 Å². The number of unbranched alkanes of at least 4 members (excludes halogenated alkanes) is 4. The summed E-state index contributed by atoms with van der Waals surface area (Å²) in [5, 5.41) is 0. The molecule has 0 radical (unpaired) electrons. The van der Waals surface area contributed by atoms with Gasteiger partial charge in [-0.15, -0.1) is 0 Å². The Kier molecular flexibility index (Phi) is 9.67. The van der Waals surface area contributed by atoms with Gasteiger partial charge in [-0.2, -0.15) is 0 Å². The van der Waals surface area contributed by atoms with Gasteiger partial charge in [0.15, 0.2) is 5.78 Å². The third-order valence-electron chi connectivity index (χ3n) is 2.15. The Morgan fingerprint density at radius 3 is 2.50 bits per heavy atom. The van der Waals surface area contributed by atoms with Crippen molar-refractivity contribution < 1.29 is 14.3 Å². The van der Waals surface area contributed by atoms with Crippen molar-refractivity contribution in [3.8, 4) is 0 Å². The van der Waals surface area contributed by atoms with Crippen LogP contribution in [0.15, 0.2) is 12.2 Å². The van der Waals surface area contributed by atoms with Crippen LogP contribution in [0.2, 0.25) is 0 Å². The van der Waals surface area contributed by atoms with Gasteiger partial charge in [-0.1, -0.05) is 32.3 Å². The molecule has 0 N–H and O–H groups in total. The molecule has 3 nitrogen and oxygen atoms in total. The third-order valence-corrected chi connectivity index (χ3v) is 2.15. The SMILES string of the molecule is CCCCCC/C=C/C(=O)CC(=O)OCC. The second-order valence-electron chi connectivity index (χ2n) is 3.70. The molecule has 3 heteroatoms. The zero-order chi connectivity index (χ0) is 12.2. The van der Waals surface area contributed by atoms with Crippen LogP contribution >= 0.6 is 0 Å². The number of rotatable bonds is 9. The molecule has 0 aromatic rings. The van der Waals surface area contributed by atoms with E-state index in [9.17, 15) is 9.59 Å². The predicted octanol–water partition coefficient (Wildman–Crippen LogP) is 3.04. The maximum Gasteiger partial charge on any atom is 0.313 e. The average Bonchev–Trinajstić information content (AvgIpc) is 2.23. The quantitative estimate of drug-likeness (QED) is 0.263. The molecule has 0 amide bonds. The lowest BCUT2D eigenvalue weighted by molar-refractivity contribution is -0.144. The van der Waals surface area contributed by atoms with Crippen LogP contribution in [0.5, 0.6) is 0 Å². The lowest BCUT2D eigenvalue weighted by atomic mass is 10.1. The van der Waals surface area contributed by atoms with Crippen molar-refractivity contribution >= 4 is 11.8 Å². The van der Waals surface area contributed by atoms with Gasteiger partial charge in [0.25, 0.3) is 0 Å². The van der Waals surface area contributed by atoms with Gasteiger partial charge in [-0.3, -0.25) is 9.59 Å². The van der Waals surface area contributed by atoms with Crippen molar-refractivity contribution in [3.05, 3.63) is 12.2 Å². The summed E-state index contributed by atoms with van der Waals surface area (Å²) in [7, 11) is 0. The number of carbonyl (C=O) groups excluding carboxylic acids is 2. The van der Waals surface area contributed by atoms with E-state index in [2.05, 4.69) is 11.7 Å². The molecule has 0 saturated carbocycles. The Labute approximate surface area is 97.9 Å². The van der Waals surface area contributed by atoms with Crippen molar-refractivity contribution in [2.24, 2.45) is 0 Å². The summed E-state index contributed by atoms with van der Waals surface area (Å²) in [6, 6.07) is 0. The van der Waals surface area contributed by atoms with E-state index >= 15 is 0 Å². The molecule has 0 aliphatic carbocycles. The van der Waals surface area contributed by atoms with E-state index in [0.717, 1.165) is 12.8 Å². The fourth-order valence-corrected chi connectivity index (χ4v) is 1.32. The molecule has 0 rings (SSSR count). The van der Waals surface area contributed by atoms with E-state index in [-0.39, 0.29) is 12.2 Å². The van der Waals surface area contributed by atoms with Gasteiger partial charge in [0.2, 0.25) is 0 Å². The Bertz CT molecular complexity index is 231. The number of carbonyl (C=O) groups is 2. The summed E-state index contributed by atoms with van der Waals surface area (Å²) in [5.74, 6) is -0.614. The van der Waals surface area contributed by atoms with Crippen LogP contribution in [0, 0.1) is 0 Å². The Balaban J connectivity index is 3.54. The minimum absolute atomic E-state index is 0.140. The summed E-state index contributed by atoms with van der Waals surface area (Å²) >= 11 is 0. The fourth-order valence-electron chi connectivity index (χ4n) is 1.32. The number of ketones is 1. The van der Waals surface area contributed by atoms with Crippen molar-refractivity contribution in [2.45, 2.75) is 52.4 Å². The van der Waals surface area contributed by atoms with Crippen molar-refractivity contribution in [2.75, 3.05) is 6.61 Å². The highest BCUT2D eigenvalue weighted by atomic mass is 16.5. The highest BCUT2D eigenvalue weighted by Crippen LogP contribution is 2.03. The average molecular weight is 226 g/mol. The molecular formula is C13H22O3. The first-order valence-electron chi connectivity index (χ1n) is 6.05. The van der Waals surface area contributed by atoms with Crippen LogP contribution in [-0.4, -0.2) is 18.4 Å². The zero-order valence-electron chi connectivity index (χ0n) is 10.3. The van der Waals surface area contributed by atoms with E-state index in [0.29, 0.717) is 6.61 Å². The zero-order valence-corrected chi connectivity index (χ0v) is 10.3. The molecule has 0 aromatic heterocycles. The van der Waals surface area contributed by atoms with Crippen molar-refractivity contribution in [1.82, 2.24) is 0 Å². The van der Waals surface area contributed by atoms with Gasteiger partial charge in [0, 0.05) is 0 Å². The summed E-state index contributed by atoms with van der Waals surface area (Å²) in [5.41, 5.74) is 0. The number of hydrogen-bond donors (Lipinski definition) is 0. The molecule has 0 aromatic carbocycles. The minimum Gasteiger partial charge on any atom is -0.466 e. The number of allylic oxidation sites excluding steroid dienone is 2. The summed E-state index contributed by atoms with van der Waals surface area (Å²) < 4.78 is 4.68. The standard InChI is InChI=1S/C13H22O3/c1-3-5-6-7-8-9-10-12(14)11-13(15)16-4-2/h9-10H,3-8,11H2,1-2H3/b10-9+. The van der Waals surface area contributed by atoms with E-state index in [1.165, 1.54) is 25.3 Å². The minimum atomic E-state index is -0.442. The Hall–Kier alpha value is -1.12. The van der Waals surface area contributed by atoms with E-state index < -0.39 is 5.97 Å². The Morgan fingerprint density at radius 2 is 1.88 bits per heavy atom. The number of ether oxygens (including phenoxy) is 1. The Morgan fingerprint density at radius 1 is 1.12 bits per heavy atom. The third kappa shape index (κ3) is 9.44. The smallest absolute Gasteiger partial charge is 0.313 e. The monoisotopic (exact) mass is 226 g/mol. The normalized spacial score (nSPS) is 10.6. The van der Waals surface area contributed by atoms with E-state index in [1.54, 1.807) is 6.92 Å². The summed E-state index contributed by atoms with van der Waals surface area (Å²) in [6.07, 6.45) is 8.87. The van der Waals surface area contributed by atoms with Crippen LogP contribution in [0.25, 0.3) is 0 Å². The molecular weight excluding hydrogens is 204 g/mol. The van der Waals surface area contributed by atoms with Crippen molar-refractivity contribution in [1.29, 1.82) is 0 Å². The van der Waals surface area contributed by atoms with Gasteiger partial charge in [0.05, 0.1) is 6.61 Å². The molecule has 0 spiro atoms. The predicted molar refractivity (Wildman–Crippen MR) is 64.2 cm³/mol. The molecule has 0 saturated heterocycles. The summed E-state index contributed by atoms with van der Waals surface area (Å²) in [4.78, 5) is 22.2. The largest absolute Gasteiger partial charge is 0.466 e. The molecule has 0 unspecified atom stereocenters. The molecule has 0 aliphatic heterocycles. The molecule has 0 heterocycles. The lowest BCUT2D eigenvalue weighted by Crippen LogP contribution is -2.09. The second-order valence-corrected chi connectivity index (χ2v) is 3.70. The van der Waals surface area contributed by atoms with Crippen LogP contribution in [0.4, 0.5) is 0 Å². The first-order valence-corrected chi connectivity index (χ1v) is 6.05.